The fraction of sp³-hybridized carbons (Fsp3) is 0.0769. The number of hydrogen-bond donors (Lipinski definition) is 2. The van der Waals surface area contributed by atoms with Crippen molar-refractivity contribution in [3.8, 4) is 0 Å². The van der Waals surface area contributed by atoms with Crippen molar-refractivity contribution in [1.82, 2.24) is 9.97 Å². The third-order valence-electron chi connectivity index (χ3n) is 2.78. The highest BCUT2D eigenvalue weighted by Crippen LogP contribution is 2.30. The Morgan fingerprint density at radius 3 is 3.00 bits per heavy atom. The number of nitrogen functional groups attached to an aromatic ring is 1. The van der Waals surface area contributed by atoms with Crippen LogP contribution >= 0.6 is 27.3 Å². The number of aromatic nitrogens is 2. The quantitative estimate of drug-likeness (QED) is 0.767. The van der Waals surface area contributed by atoms with Gasteiger partial charge in [0.1, 0.15) is 0 Å². The molecule has 0 amide bonds. The van der Waals surface area contributed by atoms with E-state index in [1.165, 1.54) is 4.88 Å². The number of fused-ring (bicyclic) bond motifs is 1. The van der Waals surface area contributed by atoms with Gasteiger partial charge < -0.3 is 11.1 Å². The minimum absolute atomic E-state index is 0.648. The van der Waals surface area contributed by atoms with E-state index in [0.29, 0.717) is 12.2 Å². The third-order valence-corrected chi connectivity index (χ3v) is 4.06. The van der Waals surface area contributed by atoms with Gasteiger partial charge in [0.05, 0.1) is 35.1 Å². The average Bonchev–Trinajstić information content (AvgIpc) is 2.91. The summed E-state index contributed by atoms with van der Waals surface area (Å²) >= 11 is 5.09. The summed E-state index contributed by atoms with van der Waals surface area (Å²) < 4.78 is 1.01. The molecule has 4 nitrogen and oxygen atoms in total. The van der Waals surface area contributed by atoms with Crippen molar-refractivity contribution in [3.63, 3.8) is 0 Å². The Hall–Kier alpha value is -1.66. The molecular weight excluding hydrogens is 324 g/mol. The van der Waals surface area contributed by atoms with E-state index < -0.39 is 0 Å². The second-order valence-corrected chi connectivity index (χ2v) is 5.96. The molecule has 0 saturated heterocycles. The number of nitrogens with one attached hydrogen (secondary N) is 1. The van der Waals surface area contributed by atoms with E-state index in [1.54, 1.807) is 17.5 Å². The summed E-state index contributed by atoms with van der Waals surface area (Å²) in [5.74, 6) is 0. The molecule has 0 unspecified atom stereocenters. The predicted octanol–water partition coefficient (Wildman–Crippen LogP) is 3.65. The first-order chi connectivity index (χ1) is 9.24. The maximum Gasteiger partial charge on any atom is 0.0794 e. The molecule has 2 aromatic heterocycles. The van der Waals surface area contributed by atoms with Crippen LogP contribution in [0.25, 0.3) is 10.9 Å². The van der Waals surface area contributed by atoms with E-state index >= 15 is 0 Å². The zero-order valence-electron chi connectivity index (χ0n) is 9.93. The van der Waals surface area contributed by atoms with Gasteiger partial charge in [-0.15, -0.1) is 11.3 Å². The van der Waals surface area contributed by atoms with Crippen LogP contribution in [0.2, 0.25) is 0 Å². The fourth-order valence-corrected chi connectivity index (χ4v) is 2.78. The molecule has 1 aromatic carbocycles. The second kappa shape index (κ2) is 5.14. The summed E-state index contributed by atoms with van der Waals surface area (Å²) in [5.41, 5.74) is 10.3. The SMILES string of the molecule is Nc1cnc2ccc(Br)cc2c1NCc1cncs1. The fourth-order valence-electron chi connectivity index (χ4n) is 1.88. The molecule has 6 heteroatoms. The lowest BCUT2D eigenvalue weighted by atomic mass is 10.1. The van der Waals surface area contributed by atoms with Gasteiger partial charge in [0.25, 0.3) is 0 Å². The molecule has 0 saturated carbocycles. The van der Waals surface area contributed by atoms with E-state index in [-0.39, 0.29) is 0 Å². The number of rotatable bonds is 3. The number of pyridine rings is 1. The summed E-state index contributed by atoms with van der Waals surface area (Å²) in [6.45, 7) is 0.709. The standard InChI is InChI=1S/C13H11BrN4S/c14-8-1-2-12-10(3-8)13(11(15)6-17-12)18-5-9-4-16-7-19-9/h1-4,6-7H,5,15H2,(H,17,18). The molecule has 0 spiro atoms. The van der Waals surface area contributed by atoms with Crippen molar-refractivity contribution in [3.05, 3.63) is 45.5 Å². The van der Waals surface area contributed by atoms with Crippen LogP contribution in [0.3, 0.4) is 0 Å². The molecule has 0 aliphatic rings. The van der Waals surface area contributed by atoms with Gasteiger partial charge in [0.2, 0.25) is 0 Å². The number of hydrogen-bond acceptors (Lipinski definition) is 5. The lowest BCUT2D eigenvalue weighted by Gasteiger charge is -2.11. The van der Waals surface area contributed by atoms with E-state index in [9.17, 15) is 0 Å². The van der Waals surface area contributed by atoms with Gasteiger partial charge in [-0.25, -0.2) is 0 Å². The Labute approximate surface area is 122 Å². The van der Waals surface area contributed by atoms with Gasteiger partial charge in [-0.2, -0.15) is 0 Å². The van der Waals surface area contributed by atoms with Gasteiger partial charge in [0, 0.05) is 20.9 Å². The summed E-state index contributed by atoms with van der Waals surface area (Å²) in [4.78, 5) is 9.56. The van der Waals surface area contributed by atoms with Crippen molar-refractivity contribution in [1.29, 1.82) is 0 Å². The average molecular weight is 335 g/mol. The number of nitrogens with two attached hydrogens (primary N) is 1. The van der Waals surface area contributed by atoms with Crippen molar-refractivity contribution in [2.75, 3.05) is 11.1 Å². The molecule has 96 valence electrons. The zero-order chi connectivity index (χ0) is 13.2. The zero-order valence-corrected chi connectivity index (χ0v) is 12.3. The summed E-state index contributed by atoms with van der Waals surface area (Å²) in [6.07, 6.45) is 3.54. The minimum Gasteiger partial charge on any atom is -0.396 e. The van der Waals surface area contributed by atoms with Gasteiger partial charge >= 0.3 is 0 Å². The van der Waals surface area contributed by atoms with E-state index in [4.69, 9.17) is 5.73 Å². The van der Waals surface area contributed by atoms with Crippen LogP contribution in [0.5, 0.6) is 0 Å². The first-order valence-corrected chi connectivity index (χ1v) is 7.36. The minimum atomic E-state index is 0.648. The third kappa shape index (κ3) is 2.54. The van der Waals surface area contributed by atoms with E-state index in [0.717, 1.165) is 21.1 Å². The number of benzene rings is 1. The second-order valence-electron chi connectivity index (χ2n) is 4.07. The molecule has 0 fully saturated rings. The Morgan fingerprint density at radius 1 is 1.32 bits per heavy atom. The topological polar surface area (TPSA) is 63.8 Å². The normalized spacial score (nSPS) is 10.8. The van der Waals surface area contributed by atoms with Crippen LogP contribution in [-0.4, -0.2) is 9.97 Å². The van der Waals surface area contributed by atoms with Crippen molar-refractivity contribution >= 4 is 49.5 Å². The van der Waals surface area contributed by atoms with Crippen LogP contribution in [0.1, 0.15) is 4.88 Å². The largest absolute Gasteiger partial charge is 0.396 e. The highest BCUT2D eigenvalue weighted by molar-refractivity contribution is 9.10. The van der Waals surface area contributed by atoms with E-state index in [2.05, 4.69) is 31.2 Å². The smallest absolute Gasteiger partial charge is 0.0794 e. The number of anilines is 2. The summed E-state index contributed by atoms with van der Waals surface area (Å²) in [5, 5.41) is 4.38. The monoisotopic (exact) mass is 334 g/mol. The summed E-state index contributed by atoms with van der Waals surface area (Å²) in [7, 11) is 0. The number of thiazole rings is 1. The molecule has 2 heterocycles. The maximum absolute atomic E-state index is 6.02. The lowest BCUT2D eigenvalue weighted by molar-refractivity contribution is 1.18. The van der Waals surface area contributed by atoms with Crippen molar-refractivity contribution in [2.45, 2.75) is 6.54 Å². The van der Waals surface area contributed by atoms with E-state index in [1.807, 2.05) is 29.9 Å². The first-order valence-electron chi connectivity index (χ1n) is 5.69. The molecular formula is C13H11BrN4S. The van der Waals surface area contributed by atoms with Gasteiger partial charge in [0.15, 0.2) is 0 Å². The molecule has 0 aliphatic heterocycles. The Kier molecular flexibility index (Phi) is 3.35. The molecule has 19 heavy (non-hydrogen) atoms. The molecule has 0 atom stereocenters. The highest BCUT2D eigenvalue weighted by atomic mass is 79.9. The van der Waals surface area contributed by atoms with Crippen LogP contribution in [0, 0.1) is 0 Å². The van der Waals surface area contributed by atoms with Crippen molar-refractivity contribution in [2.24, 2.45) is 0 Å². The Morgan fingerprint density at radius 2 is 2.21 bits per heavy atom. The number of nitrogens with zero attached hydrogens (tertiary/aromatic N) is 2. The van der Waals surface area contributed by atoms with Crippen LogP contribution in [0.15, 0.2) is 40.6 Å². The number of halogens is 1. The molecule has 0 bridgehead atoms. The Balaban J connectivity index is 2.01. The van der Waals surface area contributed by atoms with Crippen molar-refractivity contribution < 1.29 is 0 Å². The van der Waals surface area contributed by atoms with Crippen LogP contribution in [-0.2, 0) is 6.54 Å². The molecule has 0 radical (unpaired) electrons. The Bertz CT molecular complexity index is 707. The van der Waals surface area contributed by atoms with Crippen LogP contribution in [0.4, 0.5) is 11.4 Å². The maximum atomic E-state index is 6.02. The van der Waals surface area contributed by atoms with Gasteiger partial charge in [-0.05, 0) is 18.2 Å². The summed E-state index contributed by atoms with van der Waals surface area (Å²) in [6, 6.07) is 5.96. The van der Waals surface area contributed by atoms with Crippen LogP contribution < -0.4 is 11.1 Å². The van der Waals surface area contributed by atoms with Gasteiger partial charge in [-0.1, -0.05) is 15.9 Å². The van der Waals surface area contributed by atoms with Gasteiger partial charge in [-0.3, -0.25) is 9.97 Å². The molecule has 3 aromatic rings. The molecule has 3 rings (SSSR count). The predicted molar refractivity (Wildman–Crippen MR) is 83.3 cm³/mol. The highest BCUT2D eigenvalue weighted by Gasteiger charge is 2.07. The molecule has 0 aliphatic carbocycles. The first kappa shape index (κ1) is 12.4. The molecule has 3 N–H and O–H groups in total. The lowest BCUT2D eigenvalue weighted by Crippen LogP contribution is -2.03.